The fourth-order valence-electron chi connectivity index (χ4n) is 6.96. The summed E-state index contributed by atoms with van der Waals surface area (Å²) in [5.41, 5.74) is 0.305. The van der Waals surface area contributed by atoms with Crippen LogP contribution in [0.1, 0.15) is 77.6 Å². The Bertz CT molecular complexity index is 338. The van der Waals surface area contributed by atoms with Crippen molar-refractivity contribution in [2.45, 2.75) is 95.7 Å². The SMILES string of the molecule is CC([NH2+]C1CCCCC1)C(O)C12CC3CC(CC(C3)C1)C2. The monoisotopic (exact) mass is 292 g/mol. The molecule has 2 unspecified atom stereocenters. The van der Waals surface area contributed by atoms with E-state index < -0.39 is 0 Å². The van der Waals surface area contributed by atoms with Crippen molar-refractivity contribution < 1.29 is 10.4 Å². The maximum absolute atomic E-state index is 11.2. The van der Waals surface area contributed by atoms with Gasteiger partial charge in [-0.05, 0) is 88.9 Å². The van der Waals surface area contributed by atoms with Gasteiger partial charge in [-0.3, -0.25) is 0 Å². The fraction of sp³-hybridized carbons (Fsp3) is 1.00. The molecule has 0 radical (unpaired) electrons. The highest BCUT2D eigenvalue weighted by molar-refractivity contribution is 5.05. The van der Waals surface area contributed by atoms with Crippen LogP contribution in [0.3, 0.4) is 0 Å². The van der Waals surface area contributed by atoms with Crippen LogP contribution < -0.4 is 5.32 Å². The minimum Gasteiger partial charge on any atom is -0.386 e. The predicted octanol–water partition coefficient (Wildman–Crippen LogP) is 2.85. The van der Waals surface area contributed by atoms with Gasteiger partial charge in [0.2, 0.25) is 0 Å². The first-order chi connectivity index (χ1) is 10.1. The number of aliphatic hydroxyl groups is 1. The summed E-state index contributed by atoms with van der Waals surface area (Å²) < 4.78 is 0. The molecule has 5 fully saturated rings. The Kier molecular flexibility index (Phi) is 3.82. The average Bonchev–Trinajstić information content (AvgIpc) is 2.46. The van der Waals surface area contributed by atoms with Crippen LogP contribution in [0, 0.1) is 23.2 Å². The van der Waals surface area contributed by atoms with Crippen LogP contribution in [-0.2, 0) is 0 Å². The normalized spacial score (nSPS) is 45.7. The summed E-state index contributed by atoms with van der Waals surface area (Å²) in [6.07, 6.45) is 15.4. The van der Waals surface area contributed by atoms with Crippen molar-refractivity contribution in [1.82, 2.24) is 0 Å². The third kappa shape index (κ3) is 2.67. The molecule has 5 rings (SSSR count). The Morgan fingerprint density at radius 3 is 1.95 bits per heavy atom. The maximum Gasteiger partial charge on any atom is 0.111 e. The first-order valence-electron chi connectivity index (χ1n) is 9.68. The number of hydrogen-bond acceptors (Lipinski definition) is 1. The molecule has 4 bridgehead atoms. The van der Waals surface area contributed by atoms with E-state index in [-0.39, 0.29) is 6.10 Å². The van der Waals surface area contributed by atoms with E-state index in [1.54, 1.807) is 0 Å². The third-order valence-electron chi connectivity index (χ3n) is 7.44. The van der Waals surface area contributed by atoms with Crippen LogP contribution in [0.5, 0.6) is 0 Å². The van der Waals surface area contributed by atoms with Crippen LogP contribution >= 0.6 is 0 Å². The highest BCUT2D eigenvalue weighted by Crippen LogP contribution is 2.61. The first kappa shape index (κ1) is 14.5. The first-order valence-corrected chi connectivity index (χ1v) is 9.68. The average molecular weight is 292 g/mol. The smallest absolute Gasteiger partial charge is 0.111 e. The summed E-state index contributed by atoms with van der Waals surface area (Å²) in [5.74, 6) is 2.85. The lowest BCUT2D eigenvalue weighted by Crippen LogP contribution is -2.97. The summed E-state index contributed by atoms with van der Waals surface area (Å²) in [4.78, 5) is 0. The van der Waals surface area contributed by atoms with Gasteiger partial charge in [-0.2, -0.15) is 0 Å². The van der Waals surface area contributed by atoms with Crippen LogP contribution in [0.25, 0.3) is 0 Å². The van der Waals surface area contributed by atoms with Gasteiger partial charge in [0.1, 0.15) is 12.1 Å². The Hall–Kier alpha value is -0.0800. The molecule has 0 aromatic carbocycles. The highest BCUT2D eigenvalue weighted by Gasteiger charge is 2.55. The zero-order chi connectivity index (χ0) is 14.4. The predicted molar refractivity (Wildman–Crippen MR) is 84.9 cm³/mol. The van der Waals surface area contributed by atoms with Crippen LogP contribution in [0.4, 0.5) is 0 Å². The highest BCUT2D eigenvalue weighted by atomic mass is 16.3. The van der Waals surface area contributed by atoms with Gasteiger partial charge in [0, 0.05) is 5.41 Å². The number of rotatable bonds is 4. The van der Waals surface area contributed by atoms with E-state index in [4.69, 9.17) is 0 Å². The molecule has 2 nitrogen and oxygen atoms in total. The van der Waals surface area contributed by atoms with Crippen LogP contribution in [0.15, 0.2) is 0 Å². The molecule has 0 amide bonds. The molecule has 0 heterocycles. The fourth-order valence-corrected chi connectivity index (χ4v) is 6.96. The molecule has 5 saturated carbocycles. The van der Waals surface area contributed by atoms with E-state index in [0.717, 1.165) is 23.8 Å². The molecule has 21 heavy (non-hydrogen) atoms. The van der Waals surface area contributed by atoms with Crippen molar-refractivity contribution in [2.75, 3.05) is 0 Å². The van der Waals surface area contributed by atoms with Crippen molar-refractivity contribution in [3.8, 4) is 0 Å². The molecule has 0 aliphatic heterocycles. The molecule has 3 N–H and O–H groups in total. The van der Waals surface area contributed by atoms with Gasteiger partial charge < -0.3 is 10.4 Å². The molecule has 0 aromatic rings. The molecule has 2 atom stereocenters. The summed E-state index contributed by atoms with van der Waals surface area (Å²) in [6, 6.07) is 1.20. The minimum absolute atomic E-state index is 0.0622. The zero-order valence-corrected chi connectivity index (χ0v) is 13.8. The lowest BCUT2D eigenvalue weighted by atomic mass is 9.47. The van der Waals surface area contributed by atoms with Crippen LogP contribution in [-0.4, -0.2) is 23.3 Å². The number of aliphatic hydroxyl groups excluding tert-OH is 1. The Balaban J connectivity index is 1.42. The Morgan fingerprint density at radius 2 is 1.43 bits per heavy atom. The molecule has 0 saturated heterocycles. The van der Waals surface area contributed by atoms with E-state index in [0.29, 0.717) is 11.5 Å². The van der Waals surface area contributed by atoms with Crippen molar-refractivity contribution in [3.05, 3.63) is 0 Å². The summed E-state index contributed by atoms with van der Waals surface area (Å²) in [6.45, 7) is 2.30. The van der Waals surface area contributed by atoms with E-state index in [1.165, 1.54) is 70.6 Å². The van der Waals surface area contributed by atoms with Crippen molar-refractivity contribution >= 4 is 0 Å². The summed E-state index contributed by atoms with van der Waals surface area (Å²) >= 11 is 0. The van der Waals surface area contributed by atoms with Crippen LogP contribution in [0.2, 0.25) is 0 Å². The number of nitrogens with two attached hydrogens (primary N) is 1. The van der Waals surface area contributed by atoms with E-state index in [9.17, 15) is 5.11 Å². The molecule has 5 aliphatic carbocycles. The second-order valence-electron chi connectivity index (χ2n) is 9.17. The standard InChI is InChI=1S/C19H33NO/c1-13(20-17-5-3-2-4-6-17)18(21)19-10-14-7-15(11-19)9-16(8-14)12-19/h13-18,20-21H,2-12H2,1H3/p+1. The summed E-state index contributed by atoms with van der Waals surface area (Å²) in [5, 5.41) is 13.7. The summed E-state index contributed by atoms with van der Waals surface area (Å²) in [7, 11) is 0. The van der Waals surface area contributed by atoms with Gasteiger partial charge in [-0.15, -0.1) is 0 Å². The van der Waals surface area contributed by atoms with Crippen molar-refractivity contribution in [2.24, 2.45) is 23.2 Å². The van der Waals surface area contributed by atoms with Gasteiger partial charge in [-0.25, -0.2) is 0 Å². The largest absolute Gasteiger partial charge is 0.386 e. The van der Waals surface area contributed by atoms with Gasteiger partial charge in [0.15, 0.2) is 0 Å². The van der Waals surface area contributed by atoms with Gasteiger partial charge >= 0.3 is 0 Å². The lowest BCUT2D eigenvalue weighted by molar-refractivity contribution is -0.729. The van der Waals surface area contributed by atoms with Crippen molar-refractivity contribution in [3.63, 3.8) is 0 Å². The Labute approximate surface area is 130 Å². The topological polar surface area (TPSA) is 36.8 Å². The zero-order valence-electron chi connectivity index (χ0n) is 13.8. The van der Waals surface area contributed by atoms with E-state index in [1.807, 2.05) is 0 Å². The number of quaternary nitrogens is 1. The third-order valence-corrected chi connectivity index (χ3v) is 7.44. The lowest BCUT2D eigenvalue weighted by Gasteiger charge is -2.58. The van der Waals surface area contributed by atoms with E-state index >= 15 is 0 Å². The molecule has 120 valence electrons. The second kappa shape index (κ2) is 5.53. The Morgan fingerprint density at radius 1 is 0.905 bits per heavy atom. The quantitative estimate of drug-likeness (QED) is 0.821. The second-order valence-corrected chi connectivity index (χ2v) is 9.17. The molecular weight excluding hydrogens is 258 g/mol. The van der Waals surface area contributed by atoms with Crippen molar-refractivity contribution in [1.29, 1.82) is 0 Å². The van der Waals surface area contributed by atoms with E-state index in [2.05, 4.69) is 12.2 Å². The molecule has 2 heteroatoms. The molecular formula is C19H34NO+. The molecule has 5 aliphatic rings. The maximum atomic E-state index is 11.2. The minimum atomic E-state index is -0.0622. The van der Waals surface area contributed by atoms with Gasteiger partial charge in [0.05, 0.1) is 6.04 Å². The van der Waals surface area contributed by atoms with Gasteiger partial charge in [-0.1, -0.05) is 6.42 Å². The number of hydrogen-bond donors (Lipinski definition) is 2. The van der Waals surface area contributed by atoms with Gasteiger partial charge in [0.25, 0.3) is 0 Å². The molecule has 0 spiro atoms. The molecule has 0 aromatic heterocycles.